The van der Waals surface area contributed by atoms with E-state index < -0.39 is 5.56 Å². The molecule has 8 heteroatoms. The van der Waals surface area contributed by atoms with Crippen LogP contribution < -0.4 is 26.5 Å². The van der Waals surface area contributed by atoms with Crippen LogP contribution in [0.2, 0.25) is 0 Å². The van der Waals surface area contributed by atoms with Crippen LogP contribution in [-0.2, 0) is 0 Å². The van der Waals surface area contributed by atoms with E-state index >= 15 is 0 Å². The van der Waals surface area contributed by atoms with Gasteiger partial charge in [-0.1, -0.05) is 12.1 Å². The number of aromatic amines is 2. The van der Waals surface area contributed by atoms with Gasteiger partial charge in [-0.2, -0.15) is 0 Å². The zero-order valence-electron chi connectivity index (χ0n) is 12.7. The Labute approximate surface area is 141 Å². The lowest BCUT2D eigenvalue weighted by Gasteiger charge is -2.12. The summed E-state index contributed by atoms with van der Waals surface area (Å²) in [5, 5.41) is 11.4. The first-order valence-corrected chi connectivity index (χ1v) is 7.45. The first kappa shape index (κ1) is 15.8. The molecule has 1 heterocycles. The van der Waals surface area contributed by atoms with Crippen LogP contribution >= 0.6 is 12.2 Å². The molecule has 0 aliphatic carbocycles. The summed E-state index contributed by atoms with van der Waals surface area (Å²) in [7, 11) is 1.58. The molecule has 0 fully saturated rings. The molecule has 0 spiro atoms. The Morgan fingerprint density at radius 2 is 1.79 bits per heavy atom. The van der Waals surface area contributed by atoms with Gasteiger partial charge >= 0.3 is 0 Å². The Kier molecular flexibility index (Phi) is 4.30. The average Bonchev–Trinajstić information content (AvgIpc) is 2.58. The van der Waals surface area contributed by atoms with Gasteiger partial charge < -0.3 is 15.4 Å². The fourth-order valence-electron chi connectivity index (χ4n) is 2.32. The zero-order valence-corrected chi connectivity index (χ0v) is 13.5. The Balaban J connectivity index is 1.90. The second kappa shape index (κ2) is 6.55. The van der Waals surface area contributed by atoms with Gasteiger partial charge in [-0.15, -0.1) is 0 Å². The average molecular weight is 342 g/mol. The molecule has 0 radical (unpaired) electrons. The van der Waals surface area contributed by atoms with Crippen molar-refractivity contribution in [2.75, 3.05) is 17.7 Å². The molecule has 2 aromatic carbocycles. The number of methoxy groups -OCH3 is 1. The van der Waals surface area contributed by atoms with Gasteiger partial charge in [-0.05, 0) is 36.5 Å². The van der Waals surface area contributed by atoms with E-state index in [0.717, 1.165) is 5.69 Å². The monoisotopic (exact) mass is 342 g/mol. The molecule has 0 saturated carbocycles. The molecule has 0 unspecified atom stereocenters. The zero-order chi connectivity index (χ0) is 17.1. The molecule has 1 aromatic heterocycles. The number of ether oxygens (including phenoxy) is 1. The maximum absolute atomic E-state index is 12.0. The number of nitrogens with one attached hydrogen (secondary N) is 4. The van der Waals surface area contributed by atoms with Gasteiger partial charge in [0.05, 0.1) is 23.6 Å². The highest BCUT2D eigenvalue weighted by molar-refractivity contribution is 7.80. The smallest absolute Gasteiger partial charge is 0.272 e. The fourth-order valence-corrected chi connectivity index (χ4v) is 2.55. The van der Waals surface area contributed by atoms with Crippen molar-refractivity contribution in [2.24, 2.45) is 0 Å². The Hall–Kier alpha value is -3.13. The topological polar surface area (TPSA) is 99.0 Å². The highest BCUT2D eigenvalue weighted by atomic mass is 32.1. The summed E-state index contributed by atoms with van der Waals surface area (Å²) in [5.41, 5.74) is 0.399. The van der Waals surface area contributed by atoms with Gasteiger partial charge in [0.15, 0.2) is 5.11 Å². The van der Waals surface area contributed by atoms with Crippen LogP contribution in [0.4, 0.5) is 11.4 Å². The van der Waals surface area contributed by atoms with Crippen LogP contribution in [0.25, 0.3) is 10.8 Å². The summed E-state index contributed by atoms with van der Waals surface area (Å²) >= 11 is 5.28. The summed E-state index contributed by atoms with van der Waals surface area (Å²) in [6.45, 7) is 0. The van der Waals surface area contributed by atoms with E-state index in [1.54, 1.807) is 31.4 Å². The normalized spacial score (nSPS) is 10.4. The molecule has 0 aliphatic heterocycles. The minimum atomic E-state index is -0.406. The minimum Gasteiger partial charge on any atom is -0.497 e. The lowest BCUT2D eigenvalue weighted by Crippen LogP contribution is -2.23. The molecular weight excluding hydrogens is 328 g/mol. The SMILES string of the molecule is COc1cccc(NC(=S)Nc2cccc3c(=O)[nH][nH]c(=O)c23)c1. The molecular formula is C16H14N4O3S. The standard InChI is InChI=1S/C16H14N4O3S/c1-23-10-5-2-4-9(8-10)17-16(24)18-12-7-3-6-11-13(12)15(22)20-19-14(11)21/h2-8H,1H3,(H,19,21)(H,20,22)(H2,17,18,24). The molecule has 0 saturated heterocycles. The molecule has 122 valence electrons. The lowest BCUT2D eigenvalue weighted by atomic mass is 10.1. The van der Waals surface area contributed by atoms with E-state index in [-0.39, 0.29) is 21.4 Å². The fraction of sp³-hybridized carbons (Fsp3) is 0.0625. The van der Waals surface area contributed by atoms with E-state index in [9.17, 15) is 9.59 Å². The number of rotatable bonds is 3. The van der Waals surface area contributed by atoms with Crippen molar-refractivity contribution in [3.8, 4) is 5.75 Å². The van der Waals surface area contributed by atoms with Crippen molar-refractivity contribution in [1.29, 1.82) is 0 Å². The van der Waals surface area contributed by atoms with Gasteiger partial charge in [0.2, 0.25) is 0 Å². The largest absolute Gasteiger partial charge is 0.497 e. The van der Waals surface area contributed by atoms with Crippen LogP contribution in [0.1, 0.15) is 0 Å². The lowest BCUT2D eigenvalue weighted by molar-refractivity contribution is 0.415. The first-order valence-electron chi connectivity index (χ1n) is 7.04. The number of H-pyrrole nitrogens is 2. The van der Waals surface area contributed by atoms with Crippen molar-refractivity contribution >= 4 is 39.5 Å². The quantitative estimate of drug-likeness (QED) is 0.544. The van der Waals surface area contributed by atoms with Crippen LogP contribution in [0.15, 0.2) is 52.1 Å². The van der Waals surface area contributed by atoms with Crippen LogP contribution in [0.5, 0.6) is 5.75 Å². The van der Waals surface area contributed by atoms with E-state index in [0.29, 0.717) is 11.4 Å². The minimum absolute atomic E-state index is 0.246. The second-order valence-corrected chi connectivity index (χ2v) is 5.36. The third kappa shape index (κ3) is 3.13. The van der Waals surface area contributed by atoms with Crippen molar-refractivity contribution in [2.45, 2.75) is 0 Å². The number of aromatic nitrogens is 2. The van der Waals surface area contributed by atoms with Crippen molar-refractivity contribution < 1.29 is 4.74 Å². The number of hydrogen-bond donors (Lipinski definition) is 4. The maximum Gasteiger partial charge on any atom is 0.272 e. The summed E-state index contributed by atoms with van der Waals surface area (Å²) in [4.78, 5) is 23.8. The Bertz CT molecular complexity index is 1030. The van der Waals surface area contributed by atoms with Crippen LogP contribution in [0.3, 0.4) is 0 Å². The van der Waals surface area contributed by atoms with Gasteiger partial charge in [-0.3, -0.25) is 19.8 Å². The highest BCUT2D eigenvalue weighted by Gasteiger charge is 2.09. The number of thiocarbonyl (C=S) groups is 1. The summed E-state index contributed by atoms with van der Waals surface area (Å²) in [6.07, 6.45) is 0. The van der Waals surface area contributed by atoms with E-state index in [1.165, 1.54) is 0 Å². The van der Waals surface area contributed by atoms with E-state index in [4.69, 9.17) is 17.0 Å². The molecule has 0 aliphatic rings. The van der Waals surface area contributed by atoms with Gasteiger partial charge in [0.1, 0.15) is 5.75 Å². The Morgan fingerprint density at radius 3 is 2.58 bits per heavy atom. The summed E-state index contributed by atoms with van der Waals surface area (Å²) in [6, 6.07) is 12.2. The maximum atomic E-state index is 12.0. The molecule has 4 N–H and O–H groups in total. The summed E-state index contributed by atoms with van der Waals surface area (Å²) < 4.78 is 5.15. The number of fused-ring (bicyclic) bond motifs is 1. The molecule has 3 rings (SSSR count). The molecule has 7 nitrogen and oxygen atoms in total. The Morgan fingerprint density at radius 1 is 1.04 bits per heavy atom. The molecule has 0 amide bonds. The first-order chi connectivity index (χ1) is 11.6. The highest BCUT2D eigenvalue weighted by Crippen LogP contribution is 2.19. The van der Waals surface area contributed by atoms with Crippen LogP contribution in [-0.4, -0.2) is 22.4 Å². The molecule has 0 atom stereocenters. The van der Waals surface area contributed by atoms with Gasteiger partial charge in [0.25, 0.3) is 11.1 Å². The number of benzene rings is 2. The molecule has 24 heavy (non-hydrogen) atoms. The molecule has 3 aromatic rings. The van der Waals surface area contributed by atoms with Crippen molar-refractivity contribution in [1.82, 2.24) is 10.2 Å². The van der Waals surface area contributed by atoms with Crippen molar-refractivity contribution in [3.05, 3.63) is 63.2 Å². The second-order valence-electron chi connectivity index (χ2n) is 4.95. The summed E-state index contributed by atoms with van der Waals surface area (Å²) in [5.74, 6) is 0.691. The number of anilines is 2. The predicted octanol–water partition coefficient (Wildman–Crippen LogP) is 2.03. The van der Waals surface area contributed by atoms with Gasteiger partial charge in [-0.25, -0.2) is 0 Å². The predicted molar refractivity (Wildman–Crippen MR) is 98.0 cm³/mol. The third-order valence-corrected chi connectivity index (χ3v) is 3.61. The number of hydrogen-bond acceptors (Lipinski definition) is 4. The molecule has 0 bridgehead atoms. The van der Waals surface area contributed by atoms with E-state index in [1.807, 2.05) is 18.2 Å². The van der Waals surface area contributed by atoms with Crippen LogP contribution in [0, 0.1) is 0 Å². The van der Waals surface area contributed by atoms with E-state index in [2.05, 4.69) is 20.8 Å². The third-order valence-electron chi connectivity index (χ3n) is 3.40. The van der Waals surface area contributed by atoms with Crippen molar-refractivity contribution in [3.63, 3.8) is 0 Å². The van der Waals surface area contributed by atoms with Gasteiger partial charge in [0, 0.05) is 11.8 Å².